The van der Waals surface area contributed by atoms with Crippen LogP contribution < -0.4 is 16.2 Å². The van der Waals surface area contributed by atoms with E-state index in [1.54, 1.807) is 45.0 Å². The Bertz CT molecular complexity index is 1210. The molecular formula is C22H22FN5O3S. The van der Waals surface area contributed by atoms with Crippen LogP contribution >= 0.6 is 11.8 Å². The molecule has 0 aliphatic heterocycles. The number of carbonyl (C=O) groups is 2. The van der Waals surface area contributed by atoms with E-state index in [1.165, 1.54) is 18.2 Å². The van der Waals surface area contributed by atoms with Gasteiger partial charge in [-0.15, -0.1) is 10.2 Å². The Morgan fingerprint density at radius 2 is 1.84 bits per heavy atom. The number of para-hydroxylation sites is 1. The third-order valence-electron chi connectivity index (χ3n) is 4.44. The summed E-state index contributed by atoms with van der Waals surface area (Å²) in [6.07, 6.45) is 0. The molecule has 1 heterocycles. The van der Waals surface area contributed by atoms with Gasteiger partial charge in [0.1, 0.15) is 5.82 Å². The highest BCUT2D eigenvalue weighted by Crippen LogP contribution is 2.24. The molecular weight excluding hydrogens is 433 g/mol. The second kappa shape index (κ2) is 10.2. The van der Waals surface area contributed by atoms with E-state index in [0.717, 1.165) is 11.8 Å². The third-order valence-corrected chi connectivity index (χ3v) is 5.31. The molecule has 0 radical (unpaired) electrons. The first-order chi connectivity index (χ1) is 15.2. The molecule has 0 saturated heterocycles. The molecule has 0 aliphatic carbocycles. The van der Waals surface area contributed by atoms with Gasteiger partial charge in [-0.2, -0.15) is 0 Å². The van der Waals surface area contributed by atoms with Crippen LogP contribution in [0.4, 0.5) is 15.8 Å². The molecule has 0 unspecified atom stereocenters. The summed E-state index contributed by atoms with van der Waals surface area (Å²) in [5, 5.41) is 13.6. The van der Waals surface area contributed by atoms with Gasteiger partial charge in [0.2, 0.25) is 11.8 Å². The number of nitrogens with zero attached hydrogens (tertiary/aromatic N) is 2. The van der Waals surface area contributed by atoms with Crippen LogP contribution in [-0.4, -0.2) is 32.7 Å². The average Bonchev–Trinajstić information content (AvgIpc) is 2.75. The summed E-state index contributed by atoms with van der Waals surface area (Å²) in [5.41, 5.74) is 1.57. The highest BCUT2D eigenvalue weighted by Gasteiger charge is 2.16. The van der Waals surface area contributed by atoms with Gasteiger partial charge in [-0.1, -0.05) is 43.8 Å². The summed E-state index contributed by atoms with van der Waals surface area (Å²) in [6.45, 7) is 5.23. The Balaban J connectivity index is 1.70. The molecule has 0 saturated carbocycles. The maximum atomic E-state index is 13.2. The maximum absolute atomic E-state index is 13.2. The highest BCUT2D eigenvalue weighted by molar-refractivity contribution is 7.99. The van der Waals surface area contributed by atoms with Crippen molar-refractivity contribution in [1.29, 1.82) is 0 Å². The quantitative estimate of drug-likeness (QED) is 0.469. The summed E-state index contributed by atoms with van der Waals surface area (Å²) >= 11 is 1.01. The van der Waals surface area contributed by atoms with Gasteiger partial charge in [0, 0.05) is 17.2 Å². The standard InChI is InChI=1S/C22H22FN5O3S/c1-12(2)20(30)25-17-7-5-4-6-15(17)19-21(31)26-22(28-27-19)32-11-18(29)24-16-9-8-14(23)10-13(16)3/h4-10,12H,11H2,1-3H3,(H,24,29)(H,25,30)(H,26,28,31). The van der Waals surface area contributed by atoms with Crippen LogP contribution in [0.15, 0.2) is 52.4 Å². The molecule has 0 bridgehead atoms. The van der Waals surface area contributed by atoms with Crippen molar-refractivity contribution < 1.29 is 14.0 Å². The lowest BCUT2D eigenvalue weighted by molar-refractivity contribution is -0.119. The Labute approximate surface area is 188 Å². The number of halogens is 1. The van der Waals surface area contributed by atoms with Crippen LogP contribution in [0.5, 0.6) is 0 Å². The minimum absolute atomic E-state index is 0.0260. The number of H-pyrrole nitrogens is 1. The van der Waals surface area contributed by atoms with Crippen LogP contribution in [0.25, 0.3) is 11.3 Å². The number of amides is 2. The molecule has 0 aliphatic rings. The van der Waals surface area contributed by atoms with Crippen molar-refractivity contribution in [2.24, 2.45) is 5.92 Å². The molecule has 0 spiro atoms. The summed E-state index contributed by atoms with van der Waals surface area (Å²) in [7, 11) is 0. The number of hydrogen-bond acceptors (Lipinski definition) is 6. The van der Waals surface area contributed by atoms with Gasteiger partial charge in [-0.25, -0.2) is 4.39 Å². The van der Waals surface area contributed by atoms with E-state index in [9.17, 15) is 18.8 Å². The fraction of sp³-hybridized carbons (Fsp3) is 0.227. The van der Waals surface area contributed by atoms with Crippen molar-refractivity contribution in [3.8, 4) is 11.3 Å². The van der Waals surface area contributed by atoms with Crippen molar-refractivity contribution in [2.45, 2.75) is 25.9 Å². The summed E-state index contributed by atoms with van der Waals surface area (Å²) in [6, 6.07) is 10.9. The average molecular weight is 456 g/mol. The van der Waals surface area contributed by atoms with Crippen LogP contribution in [-0.2, 0) is 9.59 Å². The summed E-state index contributed by atoms with van der Waals surface area (Å²) < 4.78 is 13.2. The highest BCUT2D eigenvalue weighted by atomic mass is 32.2. The third kappa shape index (κ3) is 5.79. The van der Waals surface area contributed by atoms with Gasteiger partial charge in [0.15, 0.2) is 10.9 Å². The maximum Gasteiger partial charge on any atom is 0.278 e. The lowest BCUT2D eigenvalue weighted by Crippen LogP contribution is -2.20. The molecule has 0 atom stereocenters. The molecule has 32 heavy (non-hydrogen) atoms. The number of hydrogen-bond donors (Lipinski definition) is 3. The Morgan fingerprint density at radius 3 is 2.53 bits per heavy atom. The van der Waals surface area contributed by atoms with E-state index < -0.39 is 5.56 Å². The van der Waals surface area contributed by atoms with Gasteiger partial charge in [0.25, 0.3) is 5.56 Å². The van der Waals surface area contributed by atoms with Crippen LogP contribution in [0, 0.1) is 18.7 Å². The first-order valence-corrected chi connectivity index (χ1v) is 10.8. The topological polar surface area (TPSA) is 117 Å². The summed E-state index contributed by atoms with van der Waals surface area (Å²) in [5.74, 6) is -1.15. The molecule has 3 aromatic rings. The van der Waals surface area contributed by atoms with Crippen molar-refractivity contribution in [1.82, 2.24) is 15.2 Å². The second-order valence-electron chi connectivity index (χ2n) is 7.29. The lowest BCUT2D eigenvalue weighted by Gasteiger charge is -2.11. The van der Waals surface area contributed by atoms with Gasteiger partial charge in [-0.05, 0) is 36.8 Å². The molecule has 2 aromatic carbocycles. The van der Waals surface area contributed by atoms with Gasteiger partial charge in [0.05, 0.1) is 11.4 Å². The minimum Gasteiger partial charge on any atom is -0.325 e. The predicted molar refractivity (Wildman–Crippen MR) is 122 cm³/mol. The van der Waals surface area contributed by atoms with Gasteiger partial charge >= 0.3 is 0 Å². The molecule has 0 fully saturated rings. The monoisotopic (exact) mass is 455 g/mol. The number of aromatic nitrogens is 3. The van der Waals surface area contributed by atoms with Crippen molar-refractivity contribution >= 4 is 35.0 Å². The molecule has 3 N–H and O–H groups in total. The summed E-state index contributed by atoms with van der Waals surface area (Å²) in [4.78, 5) is 39.5. The molecule has 10 heteroatoms. The van der Waals surface area contributed by atoms with Gasteiger partial charge in [-0.3, -0.25) is 19.4 Å². The van der Waals surface area contributed by atoms with Crippen LogP contribution in [0.1, 0.15) is 19.4 Å². The van der Waals surface area contributed by atoms with E-state index in [1.807, 2.05) is 0 Å². The SMILES string of the molecule is Cc1cc(F)ccc1NC(=O)CSc1nnc(-c2ccccc2NC(=O)C(C)C)c(=O)[nH]1. The van der Waals surface area contributed by atoms with E-state index in [0.29, 0.717) is 22.5 Å². The first kappa shape index (κ1) is 23.1. The van der Waals surface area contributed by atoms with E-state index in [-0.39, 0.29) is 40.2 Å². The molecule has 3 rings (SSSR count). The fourth-order valence-electron chi connectivity index (χ4n) is 2.73. The van der Waals surface area contributed by atoms with E-state index in [4.69, 9.17) is 0 Å². The molecule has 2 amide bonds. The second-order valence-corrected chi connectivity index (χ2v) is 8.26. The fourth-order valence-corrected chi connectivity index (χ4v) is 3.33. The van der Waals surface area contributed by atoms with Gasteiger partial charge < -0.3 is 10.6 Å². The largest absolute Gasteiger partial charge is 0.325 e. The normalized spacial score (nSPS) is 10.8. The van der Waals surface area contributed by atoms with Crippen LogP contribution in [0.2, 0.25) is 0 Å². The van der Waals surface area contributed by atoms with Crippen LogP contribution in [0.3, 0.4) is 0 Å². The zero-order chi connectivity index (χ0) is 23.3. The number of carbonyl (C=O) groups excluding carboxylic acids is 2. The molecule has 8 nitrogen and oxygen atoms in total. The number of thioether (sulfide) groups is 1. The predicted octanol–water partition coefficient (Wildman–Crippen LogP) is 3.60. The number of benzene rings is 2. The Kier molecular flexibility index (Phi) is 7.37. The van der Waals surface area contributed by atoms with Crippen molar-refractivity contribution in [3.63, 3.8) is 0 Å². The zero-order valence-corrected chi connectivity index (χ0v) is 18.5. The molecule has 1 aromatic heterocycles. The number of rotatable bonds is 7. The number of anilines is 2. The van der Waals surface area contributed by atoms with Crippen molar-refractivity contribution in [3.05, 3.63) is 64.2 Å². The number of aromatic amines is 1. The Hall–Kier alpha value is -3.53. The Morgan fingerprint density at radius 1 is 1.09 bits per heavy atom. The van der Waals surface area contributed by atoms with Crippen molar-refractivity contribution in [2.75, 3.05) is 16.4 Å². The lowest BCUT2D eigenvalue weighted by atomic mass is 10.1. The number of aryl methyl sites for hydroxylation is 1. The van der Waals surface area contributed by atoms with E-state index in [2.05, 4.69) is 25.8 Å². The van der Waals surface area contributed by atoms with E-state index >= 15 is 0 Å². The molecule has 166 valence electrons. The zero-order valence-electron chi connectivity index (χ0n) is 17.7. The first-order valence-electron chi connectivity index (χ1n) is 9.80. The smallest absolute Gasteiger partial charge is 0.278 e. The minimum atomic E-state index is -0.497. The number of nitrogens with one attached hydrogen (secondary N) is 3.